The molecular formula is C23H19N3O4S. The molecule has 1 aliphatic rings. The molecule has 31 heavy (non-hydrogen) atoms. The van der Waals surface area contributed by atoms with Gasteiger partial charge in [-0.1, -0.05) is 6.42 Å². The topological polar surface area (TPSA) is 102 Å². The van der Waals surface area contributed by atoms with Gasteiger partial charge in [0.1, 0.15) is 22.2 Å². The first-order valence-electron chi connectivity index (χ1n) is 10.2. The number of nitro groups is 1. The van der Waals surface area contributed by atoms with Gasteiger partial charge in [-0.15, -0.1) is 11.3 Å². The summed E-state index contributed by atoms with van der Waals surface area (Å²) < 4.78 is 5.82. The van der Waals surface area contributed by atoms with Crippen LogP contribution in [0.1, 0.15) is 41.3 Å². The molecule has 0 saturated heterocycles. The number of aromatic amines is 1. The van der Waals surface area contributed by atoms with Crippen LogP contribution < -0.4 is 5.56 Å². The van der Waals surface area contributed by atoms with Crippen LogP contribution in [0.15, 0.2) is 45.6 Å². The van der Waals surface area contributed by atoms with E-state index in [0.29, 0.717) is 17.3 Å². The van der Waals surface area contributed by atoms with Gasteiger partial charge in [-0.2, -0.15) is 0 Å². The highest BCUT2D eigenvalue weighted by Crippen LogP contribution is 2.33. The SMILES string of the molecule is O=c1[nH]c(/C=C/c2ccc(-c3ccc([N+](=O)[O-])cc3)o2)nc2sc3c(c12)CCCCC3. The lowest BCUT2D eigenvalue weighted by Crippen LogP contribution is -2.10. The molecule has 3 heterocycles. The fourth-order valence-electron chi connectivity index (χ4n) is 3.94. The van der Waals surface area contributed by atoms with Crippen molar-refractivity contribution < 1.29 is 9.34 Å². The first-order valence-corrected chi connectivity index (χ1v) is 11.0. The van der Waals surface area contributed by atoms with Gasteiger partial charge in [0, 0.05) is 22.6 Å². The van der Waals surface area contributed by atoms with Gasteiger partial charge >= 0.3 is 0 Å². The normalized spacial score (nSPS) is 14.1. The third-order valence-electron chi connectivity index (χ3n) is 5.49. The molecule has 0 amide bonds. The molecule has 156 valence electrons. The molecular weight excluding hydrogens is 414 g/mol. The highest BCUT2D eigenvalue weighted by Gasteiger charge is 2.18. The molecule has 0 aliphatic heterocycles. The molecule has 7 nitrogen and oxygen atoms in total. The fraction of sp³-hybridized carbons (Fsp3) is 0.217. The van der Waals surface area contributed by atoms with Crippen molar-refractivity contribution in [3.63, 3.8) is 0 Å². The molecule has 3 aromatic heterocycles. The van der Waals surface area contributed by atoms with Gasteiger partial charge in [-0.25, -0.2) is 4.98 Å². The van der Waals surface area contributed by atoms with Crippen molar-refractivity contribution in [2.45, 2.75) is 32.1 Å². The third kappa shape index (κ3) is 3.82. The number of hydrogen-bond donors (Lipinski definition) is 1. The van der Waals surface area contributed by atoms with E-state index < -0.39 is 4.92 Å². The number of rotatable bonds is 4. The summed E-state index contributed by atoms with van der Waals surface area (Å²) in [6.45, 7) is 0. The number of thiophene rings is 1. The lowest BCUT2D eigenvalue weighted by Gasteiger charge is -1.98. The van der Waals surface area contributed by atoms with E-state index in [1.807, 2.05) is 0 Å². The average molecular weight is 433 g/mol. The summed E-state index contributed by atoms with van der Waals surface area (Å²) in [7, 11) is 0. The number of fused-ring (bicyclic) bond motifs is 3. The van der Waals surface area contributed by atoms with Gasteiger partial charge in [-0.05, 0) is 67.7 Å². The van der Waals surface area contributed by atoms with Crippen molar-refractivity contribution in [3.05, 3.63) is 78.9 Å². The number of non-ortho nitro benzene ring substituents is 1. The molecule has 0 saturated carbocycles. The summed E-state index contributed by atoms with van der Waals surface area (Å²) in [6, 6.07) is 9.80. The maximum atomic E-state index is 12.7. The Hall–Kier alpha value is -3.52. The second kappa shape index (κ2) is 7.96. The Morgan fingerprint density at radius 1 is 1.06 bits per heavy atom. The Bertz CT molecular complexity index is 1360. The average Bonchev–Trinajstić information content (AvgIpc) is 3.31. The van der Waals surface area contributed by atoms with Crippen molar-refractivity contribution in [1.82, 2.24) is 9.97 Å². The van der Waals surface area contributed by atoms with E-state index >= 15 is 0 Å². The van der Waals surface area contributed by atoms with E-state index in [9.17, 15) is 14.9 Å². The van der Waals surface area contributed by atoms with Crippen LogP contribution in [0.4, 0.5) is 5.69 Å². The molecule has 8 heteroatoms. The maximum absolute atomic E-state index is 12.7. The van der Waals surface area contributed by atoms with E-state index in [1.165, 1.54) is 35.4 Å². The zero-order valence-electron chi connectivity index (χ0n) is 16.6. The van der Waals surface area contributed by atoms with E-state index in [1.54, 1.807) is 47.8 Å². The van der Waals surface area contributed by atoms with Gasteiger partial charge < -0.3 is 9.40 Å². The van der Waals surface area contributed by atoms with Gasteiger partial charge in [0.15, 0.2) is 0 Å². The molecule has 4 aromatic rings. The van der Waals surface area contributed by atoms with Crippen LogP contribution in [-0.2, 0) is 12.8 Å². The second-order valence-corrected chi connectivity index (χ2v) is 8.62. The number of hydrogen-bond acceptors (Lipinski definition) is 6. The summed E-state index contributed by atoms with van der Waals surface area (Å²) in [5, 5.41) is 11.5. The van der Waals surface area contributed by atoms with Crippen molar-refractivity contribution in [1.29, 1.82) is 0 Å². The lowest BCUT2D eigenvalue weighted by molar-refractivity contribution is -0.384. The smallest absolute Gasteiger partial charge is 0.269 e. The summed E-state index contributed by atoms with van der Waals surface area (Å²) in [6.07, 6.45) is 8.95. The van der Waals surface area contributed by atoms with Crippen LogP contribution in [0.2, 0.25) is 0 Å². The molecule has 1 aliphatic carbocycles. The number of nitrogens with one attached hydrogen (secondary N) is 1. The van der Waals surface area contributed by atoms with Crippen LogP contribution in [0.3, 0.4) is 0 Å². The van der Waals surface area contributed by atoms with Gasteiger partial charge in [0.25, 0.3) is 11.2 Å². The van der Waals surface area contributed by atoms with Crippen molar-refractivity contribution in [2.75, 3.05) is 0 Å². The first kappa shape index (κ1) is 19.4. The minimum Gasteiger partial charge on any atom is -0.457 e. The Morgan fingerprint density at radius 2 is 1.87 bits per heavy atom. The quantitative estimate of drug-likeness (QED) is 0.257. The predicted molar refractivity (Wildman–Crippen MR) is 121 cm³/mol. The van der Waals surface area contributed by atoms with E-state index in [2.05, 4.69) is 9.97 Å². The number of H-pyrrole nitrogens is 1. The first-order chi connectivity index (χ1) is 15.1. The summed E-state index contributed by atoms with van der Waals surface area (Å²) >= 11 is 1.63. The van der Waals surface area contributed by atoms with E-state index in [-0.39, 0.29) is 11.2 Å². The number of nitrogens with zero attached hydrogens (tertiary/aromatic N) is 2. The van der Waals surface area contributed by atoms with Crippen LogP contribution in [-0.4, -0.2) is 14.9 Å². The molecule has 1 aromatic carbocycles. The molecule has 5 rings (SSSR count). The van der Waals surface area contributed by atoms with E-state index in [4.69, 9.17) is 4.42 Å². The number of benzene rings is 1. The standard InChI is InChI=1S/C23H19N3O4S/c27-22-21-17-4-2-1-3-5-19(17)31-23(21)25-20(24-22)13-11-16-10-12-18(30-16)14-6-8-15(9-7-14)26(28)29/h6-13H,1-5H2,(H,24,25,27)/b13-11+. The van der Waals surface area contributed by atoms with Crippen molar-refractivity contribution >= 4 is 39.4 Å². The third-order valence-corrected chi connectivity index (χ3v) is 6.67. The zero-order chi connectivity index (χ0) is 21.4. The minimum atomic E-state index is -0.434. The number of nitro benzene ring substituents is 1. The Kier molecular flexibility index (Phi) is 4.99. The minimum absolute atomic E-state index is 0.0340. The van der Waals surface area contributed by atoms with E-state index in [0.717, 1.165) is 35.0 Å². The lowest BCUT2D eigenvalue weighted by atomic mass is 10.1. The molecule has 0 spiro atoms. The predicted octanol–water partition coefficient (Wildman–Crippen LogP) is 5.59. The second-order valence-electron chi connectivity index (χ2n) is 7.54. The molecule has 0 bridgehead atoms. The Morgan fingerprint density at radius 3 is 2.68 bits per heavy atom. The Balaban J connectivity index is 1.40. The summed E-state index contributed by atoms with van der Waals surface area (Å²) in [5.74, 6) is 1.69. The molecule has 0 fully saturated rings. The largest absolute Gasteiger partial charge is 0.457 e. The van der Waals surface area contributed by atoms with Crippen LogP contribution in [0.5, 0.6) is 0 Å². The number of aryl methyl sites for hydroxylation is 2. The number of furan rings is 1. The molecule has 0 atom stereocenters. The van der Waals surface area contributed by atoms with Crippen LogP contribution in [0.25, 0.3) is 33.7 Å². The fourth-order valence-corrected chi connectivity index (χ4v) is 5.21. The van der Waals surface area contributed by atoms with Crippen molar-refractivity contribution in [3.8, 4) is 11.3 Å². The van der Waals surface area contributed by atoms with Crippen LogP contribution >= 0.6 is 11.3 Å². The molecule has 0 unspecified atom stereocenters. The summed E-state index contributed by atoms with van der Waals surface area (Å²) in [5.41, 5.74) is 1.88. The highest BCUT2D eigenvalue weighted by molar-refractivity contribution is 7.18. The molecule has 0 radical (unpaired) electrons. The number of aromatic nitrogens is 2. The van der Waals surface area contributed by atoms with Gasteiger partial charge in [-0.3, -0.25) is 14.9 Å². The zero-order valence-corrected chi connectivity index (χ0v) is 17.4. The maximum Gasteiger partial charge on any atom is 0.269 e. The van der Waals surface area contributed by atoms with Crippen molar-refractivity contribution in [2.24, 2.45) is 0 Å². The highest BCUT2D eigenvalue weighted by atomic mass is 32.1. The van der Waals surface area contributed by atoms with Crippen LogP contribution in [0, 0.1) is 10.1 Å². The van der Waals surface area contributed by atoms with Gasteiger partial charge in [0.2, 0.25) is 0 Å². The van der Waals surface area contributed by atoms with Gasteiger partial charge in [0.05, 0.1) is 10.3 Å². The molecule has 1 N–H and O–H groups in total. The summed E-state index contributed by atoms with van der Waals surface area (Å²) in [4.78, 5) is 32.7. The Labute approximate surface area is 181 Å². The monoisotopic (exact) mass is 433 g/mol.